The number of nitrogens with two attached hydrogens (primary N) is 1. The van der Waals surface area contributed by atoms with Crippen molar-refractivity contribution < 1.29 is 23.0 Å². The van der Waals surface area contributed by atoms with Gasteiger partial charge in [-0.25, -0.2) is 4.99 Å². The van der Waals surface area contributed by atoms with Crippen molar-refractivity contribution in [2.24, 2.45) is 10.7 Å². The molecule has 0 unspecified atom stereocenters. The average Bonchev–Trinajstić information content (AvgIpc) is 2.93. The van der Waals surface area contributed by atoms with E-state index in [-0.39, 0.29) is 23.7 Å². The highest BCUT2D eigenvalue weighted by Crippen LogP contribution is 2.41. The van der Waals surface area contributed by atoms with E-state index in [0.29, 0.717) is 23.3 Å². The number of benzene rings is 2. The molecule has 6 nitrogen and oxygen atoms in total. The number of likely N-dealkylation sites (N-methyl/N-ethyl adjacent to an activating group) is 1. The van der Waals surface area contributed by atoms with Gasteiger partial charge in [0.15, 0.2) is 11.5 Å². The number of carbonyl (C=O) groups excluding carboxylic acids is 1. The summed E-state index contributed by atoms with van der Waals surface area (Å²) >= 11 is 0. The van der Waals surface area contributed by atoms with Crippen molar-refractivity contribution in [2.45, 2.75) is 31.6 Å². The van der Waals surface area contributed by atoms with Crippen LogP contribution in [0.1, 0.15) is 24.5 Å². The molecule has 0 radical (unpaired) electrons. The molecule has 0 bridgehead atoms. The van der Waals surface area contributed by atoms with Crippen LogP contribution in [0.3, 0.4) is 0 Å². The molecule has 2 aromatic rings. The molecule has 2 N–H and O–H groups in total. The van der Waals surface area contributed by atoms with E-state index in [0.717, 1.165) is 0 Å². The Balaban J connectivity index is 2.07. The van der Waals surface area contributed by atoms with Crippen molar-refractivity contribution in [1.29, 1.82) is 0 Å². The first-order valence-electron chi connectivity index (χ1n) is 9.35. The quantitative estimate of drug-likeness (QED) is 0.668. The minimum absolute atomic E-state index is 0.0185. The molecular weight excluding hydrogens is 392 g/mol. The van der Waals surface area contributed by atoms with Gasteiger partial charge in [0.2, 0.25) is 0 Å². The SMILES string of the molecule is C=CC[C@H](C)Oc1cccc([C@@]2(c3ccc(OC(F)F)cc3)N=C(N)N(C)C2=O)c1. The number of aliphatic imine (C=N–C) groups is 1. The van der Waals surface area contributed by atoms with Gasteiger partial charge in [0, 0.05) is 13.5 Å². The molecule has 0 saturated heterocycles. The predicted molar refractivity (Wildman–Crippen MR) is 110 cm³/mol. The summed E-state index contributed by atoms with van der Waals surface area (Å²) in [6.45, 7) is 2.68. The third-order valence-corrected chi connectivity index (χ3v) is 4.82. The number of guanidine groups is 1. The smallest absolute Gasteiger partial charge is 0.387 e. The van der Waals surface area contributed by atoms with Gasteiger partial charge in [-0.2, -0.15) is 8.78 Å². The molecule has 158 valence electrons. The van der Waals surface area contributed by atoms with Gasteiger partial charge in [-0.15, -0.1) is 6.58 Å². The van der Waals surface area contributed by atoms with Crippen molar-refractivity contribution in [3.8, 4) is 11.5 Å². The van der Waals surface area contributed by atoms with Crippen LogP contribution in [-0.4, -0.2) is 36.5 Å². The van der Waals surface area contributed by atoms with Crippen LogP contribution in [0.15, 0.2) is 66.2 Å². The number of halogens is 2. The summed E-state index contributed by atoms with van der Waals surface area (Å²) in [4.78, 5) is 19.0. The Morgan fingerprint density at radius 2 is 1.87 bits per heavy atom. The molecule has 2 aromatic carbocycles. The zero-order valence-electron chi connectivity index (χ0n) is 16.7. The number of nitrogens with zero attached hydrogens (tertiary/aromatic N) is 2. The second-order valence-corrected chi connectivity index (χ2v) is 6.93. The first kappa shape index (κ1) is 21.3. The maximum Gasteiger partial charge on any atom is 0.387 e. The van der Waals surface area contributed by atoms with Crippen LogP contribution in [-0.2, 0) is 10.3 Å². The molecule has 1 amide bonds. The zero-order chi connectivity index (χ0) is 21.9. The molecule has 0 spiro atoms. The van der Waals surface area contributed by atoms with E-state index in [1.54, 1.807) is 30.3 Å². The lowest BCUT2D eigenvalue weighted by Gasteiger charge is -2.27. The van der Waals surface area contributed by atoms with E-state index < -0.39 is 12.2 Å². The monoisotopic (exact) mass is 415 g/mol. The Labute approximate surface area is 173 Å². The first-order chi connectivity index (χ1) is 14.3. The molecule has 30 heavy (non-hydrogen) atoms. The maximum atomic E-state index is 13.3. The Hall–Kier alpha value is -3.42. The number of alkyl halides is 2. The van der Waals surface area contributed by atoms with E-state index >= 15 is 0 Å². The van der Waals surface area contributed by atoms with Crippen molar-refractivity contribution in [2.75, 3.05) is 7.05 Å². The molecule has 1 aliphatic rings. The summed E-state index contributed by atoms with van der Waals surface area (Å²) in [6, 6.07) is 12.8. The minimum atomic E-state index is -2.94. The third kappa shape index (κ3) is 3.98. The van der Waals surface area contributed by atoms with Crippen molar-refractivity contribution in [3.05, 3.63) is 72.3 Å². The first-order valence-corrected chi connectivity index (χ1v) is 9.35. The number of hydrogen-bond donors (Lipinski definition) is 1. The second kappa shape index (κ2) is 8.52. The molecule has 1 aliphatic heterocycles. The highest BCUT2D eigenvalue weighted by atomic mass is 19.3. The molecule has 3 rings (SSSR count). The molecule has 0 aliphatic carbocycles. The summed E-state index contributed by atoms with van der Waals surface area (Å²) in [5.74, 6) is 0.239. The van der Waals surface area contributed by atoms with Crippen LogP contribution < -0.4 is 15.2 Å². The second-order valence-electron chi connectivity index (χ2n) is 6.93. The van der Waals surface area contributed by atoms with Crippen LogP contribution in [0.25, 0.3) is 0 Å². The molecule has 0 fully saturated rings. The van der Waals surface area contributed by atoms with E-state index in [1.165, 1.54) is 36.2 Å². The number of carbonyl (C=O) groups is 1. The number of amides is 1. The number of hydrogen-bond acceptors (Lipinski definition) is 5. The molecule has 0 saturated carbocycles. The van der Waals surface area contributed by atoms with Gasteiger partial charge < -0.3 is 15.2 Å². The lowest BCUT2D eigenvalue weighted by molar-refractivity contribution is -0.129. The fourth-order valence-electron chi connectivity index (χ4n) is 3.37. The van der Waals surface area contributed by atoms with Gasteiger partial charge in [0.25, 0.3) is 5.91 Å². The topological polar surface area (TPSA) is 77.2 Å². The predicted octanol–water partition coefficient (Wildman–Crippen LogP) is 3.66. The van der Waals surface area contributed by atoms with Crippen LogP contribution in [0.5, 0.6) is 11.5 Å². The van der Waals surface area contributed by atoms with E-state index in [9.17, 15) is 13.6 Å². The van der Waals surface area contributed by atoms with Crippen molar-refractivity contribution >= 4 is 11.9 Å². The summed E-state index contributed by atoms with van der Waals surface area (Å²) in [5, 5.41) is 0. The van der Waals surface area contributed by atoms with E-state index in [2.05, 4.69) is 16.3 Å². The Kier molecular flexibility index (Phi) is 6.05. The highest BCUT2D eigenvalue weighted by Gasteiger charge is 2.49. The van der Waals surface area contributed by atoms with Gasteiger partial charge in [-0.1, -0.05) is 30.3 Å². The standard InChI is InChI=1S/C22H23F2N3O3/c1-4-6-14(2)29-18-8-5-7-16(13-18)22(19(28)27(3)21(25)26-22)15-9-11-17(12-10-15)30-20(23)24/h4-5,7-14,20H,1,6H2,2-3H3,(H2,25,26)/t14-,22+/m0/s1. The fourth-order valence-corrected chi connectivity index (χ4v) is 3.37. The van der Waals surface area contributed by atoms with Gasteiger partial charge in [-0.3, -0.25) is 9.69 Å². The normalized spacial score (nSPS) is 19.6. The largest absolute Gasteiger partial charge is 0.490 e. The van der Waals surface area contributed by atoms with Crippen LogP contribution in [0.2, 0.25) is 0 Å². The number of ether oxygens (including phenoxy) is 2. The lowest BCUT2D eigenvalue weighted by atomic mass is 9.82. The highest BCUT2D eigenvalue weighted by molar-refractivity contribution is 6.08. The summed E-state index contributed by atoms with van der Waals surface area (Å²) in [5.41, 5.74) is 5.52. The average molecular weight is 415 g/mol. The molecular formula is C22H23F2N3O3. The van der Waals surface area contributed by atoms with Gasteiger partial charge >= 0.3 is 6.61 Å². The number of rotatable bonds is 8. The molecule has 8 heteroatoms. The van der Waals surface area contributed by atoms with Crippen LogP contribution >= 0.6 is 0 Å². The van der Waals surface area contributed by atoms with Gasteiger partial charge in [0.1, 0.15) is 11.5 Å². The Morgan fingerprint density at radius 1 is 1.17 bits per heavy atom. The lowest BCUT2D eigenvalue weighted by Crippen LogP contribution is -2.41. The van der Waals surface area contributed by atoms with Crippen LogP contribution in [0.4, 0.5) is 8.78 Å². The third-order valence-electron chi connectivity index (χ3n) is 4.82. The fraction of sp³-hybridized carbons (Fsp3) is 0.273. The Morgan fingerprint density at radius 3 is 2.43 bits per heavy atom. The molecule has 2 atom stereocenters. The zero-order valence-corrected chi connectivity index (χ0v) is 16.7. The molecule has 0 aromatic heterocycles. The van der Waals surface area contributed by atoms with E-state index in [4.69, 9.17) is 10.5 Å². The Bertz CT molecular complexity index is 962. The maximum absolute atomic E-state index is 13.3. The van der Waals surface area contributed by atoms with Crippen molar-refractivity contribution in [1.82, 2.24) is 4.90 Å². The van der Waals surface area contributed by atoms with E-state index in [1.807, 2.05) is 6.92 Å². The summed E-state index contributed by atoms with van der Waals surface area (Å²) < 4.78 is 35.3. The van der Waals surface area contributed by atoms with Crippen molar-refractivity contribution in [3.63, 3.8) is 0 Å². The minimum Gasteiger partial charge on any atom is -0.490 e. The van der Waals surface area contributed by atoms with Gasteiger partial charge in [0.05, 0.1) is 6.10 Å². The summed E-state index contributed by atoms with van der Waals surface area (Å²) in [6.07, 6.45) is 2.32. The summed E-state index contributed by atoms with van der Waals surface area (Å²) in [7, 11) is 1.53. The van der Waals surface area contributed by atoms with Crippen LogP contribution in [0, 0.1) is 0 Å². The molecule has 1 heterocycles. The van der Waals surface area contributed by atoms with Gasteiger partial charge in [-0.05, 0) is 42.3 Å².